The van der Waals surface area contributed by atoms with Gasteiger partial charge in [0.15, 0.2) is 0 Å². The van der Waals surface area contributed by atoms with Crippen molar-refractivity contribution in [1.82, 2.24) is 9.97 Å². The first kappa shape index (κ1) is 12.9. The van der Waals surface area contributed by atoms with Gasteiger partial charge in [-0.05, 0) is 25.2 Å². The molecule has 0 spiro atoms. The van der Waals surface area contributed by atoms with Gasteiger partial charge in [0.05, 0.1) is 5.88 Å². The van der Waals surface area contributed by atoms with Crippen LogP contribution in [-0.4, -0.2) is 23.1 Å². The van der Waals surface area contributed by atoms with Crippen molar-refractivity contribution in [2.45, 2.75) is 32.1 Å². The second-order valence-corrected chi connectivity index (χ2v) is 5.11. The Balaban J connectivity index is 2.23. The molecule has 0 N–H and O–H groups in total. The molecule has 1 aliphatic rings. The monoisotopic (exact) mass is 273 g/mol. The summed E-state index contributed by atoms with van der Waals surface area (Å²) in [4.78, 5) is 10.6. The summed E-state index contributed by atoms with van der Waals surface area (Å²) in [7, 11) is 0. The van der Waals surface area contributed by atoms with Gasteiger partial charge in [-0.25, -0.2) is 9.97 Å². The zero-order chi connectivity index (χ0) is 12.3. The van der Waals surface area contributed by atoms with Gasteiger partial charge in [-0.1, -0.05) is 18.5 Å². The van der Waals surface area contributed by atoms with Gasteiger partial charge in [0.1, 0.15) is 17.3 Å². The maximum absolute atomic E-state index is 6.06. The van der Waals surface area contributed by atoms with E-state index in [0.717, 1.165) is 36.8 Å². The van der Waals surface area contributed by atoms with Crippen LogP contribution < -0.4 is 4.90 Å². The summed E-state index contributed by atoms with van der Waals surface area (Å²) >= 11 is 12.0. The number of hydrogen-bond acceptors (Lipinski definition) is 3. The maximum Gasteiger partial charge on any atom is 0.138 e. The minimum absolute atomic E-state index is 0.361. The summed E-state index contributed by atoms with van der Waals surface area (Å²) in [5, 5.41) is 0.474. The SMILES string of the molecule is CCCN(CC1CC1)c1ncnc(Cl)c1CCl. The lowest BCUT2D eigenvalue weighted by atomic mass is 10.2. The molecule has 1 aromatic rings. The molecule has 94 valence electrons. The lowest BCUT2D eigenvalue weighted by molar-refractivity contribution is 0.695. The molecule has 1 heterocycles. The van der Waals surface area contributed by atoms with E-state index in [9.17, 15) is 0 Å². The molecule has 1 aliphatic carbocycles. The van der Waals surface area contributed by atoms with Crippen LogP contribution in [0.5, 0.6) is 0 Å². The number of anilines is 1. The molecule has 2 rings (SSSR count). The van der Waals surface area contributed by atoms with Crippen molar-refractivity contribution in [2.75, 3.05) is 18.0 Å². The summed E-state index contributed by atoms with van der Waals surface area (Å²) in [5.41, 5.74) is 0.852. The van der Waals surface area contributed by atoms with Crippen molar-refractivity contribution in [2.24, 2.45) is 5.92 Å². The second kappa shape index (κ2) is 5.87. The number of alkyl halides is 1. The molecule has 0 aromatic carbocycles. The Bertz CT molecular complexity index is 380. The van der Waals surface area contributed by atoms with Gasteiger partial charge in [-0.15, -0.1) is 11.6 Å². The Morgan fingerprint density at radius 1 is 1.41 bits per heavy atom. The second-order valence-electron chi connectivity index (χ2n) is 4.49. The van der Waals surface area contributed by atoms with Crippen molar-refractivity contribution in [3.8, 4) is 0 Å². The third-order valence-electron chi connectivity index (χ3n) is 2.97. The molecule has 3 nitrogen and oxygen atoms in total. The van der Waals surface area contributed by atoms with Crippen LogP contribution in [0.1, 0.15) is 31.7 Å². The van der Waals surface area contributed by atoms with E-state index >= 15 is 0 Å². The fourth-order valence-electron chi connectivity index (χ4n) is 1.94. The van der Waals surface area contributed by atoms with Crippen LogP contribution in [0.4, 0.5) is 5.82 Å². The predicted octanol–water partition coefficient (Wildman–Crippen LogP) is 3.50. The molecule has 1 saturated carbocycles. The summed E-state index contributed by atoms with van der Waals surface area (Å²) in [6.45, 7) is 4.22. The first-order valence-corrected chi connectivity index (χ1v) is 6.97. The molecule has 0 unspecified atom stereocenters. The summed E-state index contributed by atoms with van der Waals surface area (Å²) in [6.07, 6.45) is 5.27. The Labute approximate surface area is 112 Å². The van der Waals surface area contributed by atoms with E-state index in [1.54, 1.807) is 0 Å². The number of rotatable bonds is 6. The van der Waals surface area contributed by atoms with E-state index in [-0.39, 0.29) is 0 Å². The van der Waals surface area contributed by atoms with Crippen molar-refractivity contribution in [3.05, 3.63) is 17.0 Å². The Morgan fingerprint density at radius 3 is 2.76 bits per heavy atom. The first-order valence-electron chi connectivity index (χ1n) is 6.06. The number of halogens is 2. The minimum Gasteiger partial charge on any atom is -0.356 e. The molecule has 0 aliphatic heterocycles. The molecule has 0 bridgehead atoms. The van der Waals surface area contributed by atoms with Crippen LogP contribution in [0, 0.1) is 5.92 Å². The largest absolute Gasteiger partial charge is 0.356 e. The van der Waals surface area contributed by atoms with E-state index in [1.165, 1.54) is 19.2 Å². The van der Waals surface area contributed by atoms with Crippen LogP contribution in [0.3, 0.4) is 0 Å². The fraction of sp³-hybridized carbons (Fsp3) is 0.667. The van der Waals surface area contributed by atoms with Gasteiger partial charge in [0.25, 0.3) is 0 Å². The fourth-order valence-corrected chi connectivity index (χ4v) is 2.44. The van der Waals surface area contributed by atoms with E-state index in [1.807, 2.05) is 0 Å². The van der Waals surface area contributed by atoms with Gasteiger partial charge >= 0.3 is 0 Å². The molecule has 1 aromatic heterocycles. The number of aromatic nitrogens is 2. The molecule has 0 atom stereocenters. The highest BCUT2D eigenvalue weighted by Crippen LogP contribution is 2.33. The zero-order valence-electron chi connectivity index (χ0n) is 9.99. The van der Waals surface area contributed by atoms with Gasteiger partial charge in [-0.3, -0.25) is 0 Å². The number of nitrogens with zero attached hydrogens (tertiary/aromatic N) is 3. The summed E-state index contributed by atoms with van der Waals surface area (Å²) in [6, 6.07) is 0. The topological polar surface area (TPSA) is 29.0 Å². The van der Waals surface area contributed by atoms with Gasteiger partial charge in [0, 0.05) is 18.7 Å². The molecular weight excluding hydrogens is 257 g/mol. The lowest BCUT2D eigenvalue weighted by Gasteiger charge is -2.25. The molecule has 5 heteroatoms. The highest BCUT2D eigenvalue weighted by atomic mass is 35.5. The van der Waals surface area contributed by atoms with Gasteiger partial charge in [-0.2, -0.15) is 0 Å². The van der Waals surface area contributed by atoms with Crippen molar-refractivity contribution >= 4 is 29.0 Å². The maximum atomic E-state index is 6.06. The molecule has 1 fully saturated rings. The van der Waals surface area contributed by atoms with Crippen LogP contribution in [0.15, 0.2) is 6.33 Å². The molecular formula is C12H17Cl2N3. The van der Waals surface area contributed by atoms with Gasteiger partial charge in [0.2, 0.25) is 0 Å². The normalized spacial score (nSPS) is 15.0. The van der Waals surface area contributed by atoms with Crippen molar-refractivity contribution in [1.29, 1.82) is 0 Å². The quantitative estimate of drug-likeness (QED) is 0.587. The standard InChI is InChI=1S/C12H17Cl2N3/c1-2-5-17(7-9-3-4-9)12-10(6-13)11(14)15-8-16-12/h8-9H,2-7H2,1H3. The Hall–Kier alpha value is -0.540. The van der Waals surface area contributed by atoms with E-state index in [2.05, 4.69) is 21.8 Å². The molecule has 0 saturated heterocycles. The van der Waals surface area contributed by atoms with Crippen molar-refractivity contribution in [3.63, 3.8) is 0 Å². The van der Waals surface area contributed by atoms with Crippen LogP contribution >= 0.6 is 23.2 Å². The van der Waals surface area contributed by atoms with Gasteiger partial charge < -0.3 is 4.90 Å². The highest BCUT2D eigenvalue weighted by molar-refractivity contribution is 6.31. The number of hydrogen-bond donors (Lipinski definition) is 0. The Kier molecular flexibility index (Phi) is 4.46. The zero-order valence-corrected chi connectivity index (χ0v) is 11.5. The van der Waals surface area contributed by atoms with E-state index < -0.39 is 0 Å². The van der Waals surface area contributed by atoms with Crippen LogP contribution in [-0.2, 0) is 5.88 Å². The average Bonchev–Trinajstić information content (AvgIpc) is 3.12. The highest BCUT2D eigenvalue weighted by Gasteiger charge is 2.26. The summed E-state index contributed by atoms with van der Waals surface area (Å²) < 4.78 is 0. The molecule has 0 radical (unpaired) electrons. The Morgan fingerprint density at radius 2 is 2.18 bits per heavy atom. The average molecular weight is 274 g/mol. The van der Waals surface area contributed by atoms with Crippen molar-refractivity contribution < 1.29 is 0 Å². The van der Waals surface area contributed by atoms with E-state index in [4.69, 9.17) is 23.2 Å². The molecule has 0 amide bonds. The lowest BCUT2D eigenvalue weighted by Crippen LogP contribution is -2.28. The third-order valence-corrected chi connectivity index (χ3v) is 3.57. The first-order chi connectivity index (χ1) is 8.26. The third kappa shape index (κ3) is 3.23. The summed E-state index contributed by atoms with van der Waals surface area (Å²) in [5.74, 6) is 2.09. The van der Waals surface area contributed by atoms with Crippen LogP contribution in [0.2, 0.25) is 5.15 Å². The molecule has 17 heavy (non-hydrogen) atoms. The minimum atomic E-state index is 0.361. The smallest absolute Gasteiger partial charge is 0.138 e. The predicted molar refractivity (Wildman–Crippen MR) is 71.8 cm³/mol. The van der Waals surface area contributed by atoms with Crippen LogP contribution in [0.25, 0.3) is 0 Å². The van der Waals surface area contributed by atoms with E-state index in [0.29, 0.717) is 11.0 Å².